The highest BCUT2D eigenvalue weighted by molar-refractivity contribution is 6.25. The molecule has 1 aliphatic rings. The molecular weight excluding hydrogens is 371 g/mol. The molecule has 6 heteroatoms. The number of ether oxygens (including phenoxy) is 1. The van der Waals surface area contributed by atoms with Crippen LogP contribution >= 0.6 is 23.2 Å². The quantitative estimate of drug-likeness (QED) is 0.682. The zero-order chi connectivity index (χ0) is 19.4. The molecule has 1 aliphatic carbocycles. The van der Waals surface area contributed by atoms with E-state index in [0.29, 0.717) is 18.1 Å². The monoisotopic (exact) mass is 394 g/mol. The summed E-state index contributed by atoms with van der Waals surface area (Å²) in [4.78, 5) is 17.9. The number of alkyl halides is 2. The van der Waals surface area contributed by atoms with Crippen molar-refractivity contribution >= 4 is 34.7 Å². The zero-order valence-electron chi connectivity index (χ0n) is 15.7. The Morgan fingerprint density at radius 1 is 1.35 bits per heavy atom. The van der Waals surface area contributed by atoms with Gasteiger partial charge in [-0.2, -0.15) is 0 Å². The Labute approximate surface area is 165 Å². The highest BCUT2D eigenvalue weighted by Gasteiger charge is 2.24. The van der Waals surface area contributed by atoms with Crippen molar-refractivity contribution < 1.29 is 9.53 Å². The number of rotatable bonds is 5. The number of hydrogen-bond acceptors (Lipinski definition) is 3. The number of allylic oxidation sites excluding steroid dienone is 5. The van der Waals surface area contributed by atoms with Gasteiger partial charge in [0.25, 0.3) is 5.91 Å². The predicted octanol–water partition coefficient (Wildman–Crippen LogP) is 4.65. The van der Waals surface area contributed by atoms with Crippen LogP contribution in [0, 0.1) is 0 Å². The van der Waals surface area contributed by atoms with E-state index in [1.807, 2.05) is 39.0 Å². The average Bonchev–Trinajstić information content (AvgIpc) is 2.70. The molecule has 1 aromatic heterocycles. The molecule has 0 saturated carbocycles. The first-order chi connectivity index (χ1) is 12.3. The third-order valence-electron chi connectivity index (χ3n) is 4.03. The Morgan fingerprint density at radius 3 is 2.54 bits per heavy atom. The van der Waals surface area contributed by atoms with Crippen molar-refractivity contribution in [2.45, 2.75) is 31.5 Å². The SMILES string of the molecule is CCOC1=C(c2ccc(C(=O)N(C)C)nc2)C(C)=CC(Cl)C=C1C(C)Cl. The number of hydrogen-bond donors (Lipinski definition) is 0. The third kappa shape index (κ3) is 4.49. The van der Waals surface area contributed by atoms with Crippen molar-refractivity contribution in [1.29, 1.82) is 0 Å². The zero-order valence-corrected chi connectivity index (χ0v) is 17.2. The molecule has 1 heterocycles. The third-order valence-corrected chi connectivity index (χ3v) is 4.51. The summed E-state index contributed by atoms with van der Waals surface area (Å²) < 4.78 is 5.96. The standard InChI is InChI=1S/C20H24Cl2N2O2/c1-6-26-19-16(13(3)21)10-15(22)9-12(2)18(19)14-7-8-17(23-11-14)20(25)24(4)5/h7-11,13,15H,6H2,1-5H3. The maximum Gasteiger partial charge on any atom is 0.271 e. The lowest BCUT2D eigenvalue weighted by Gasteiger charge is -2.19. The first kappa shape index (κ1) is 20.5. The van der Waals surface area contributed by atoms with Crippen LogP contribution in [0.4, 0.5) is 0 Å². The van der Waals surface area contributed by atoms with Crippen LogP contribution in [-0.2, 0) is 4.74 Å². The predicted molar refractivity (Wildman–Crippen MR) is 108 cm³/mol. The van der Waals surface area contributed by atoms with Gasteiger partial charge < -0.3 is 9.64 Å². The minimum atomic E-state index is -0.276. The Kier molecular flexibility index (Phi) is 6.90. The van der Waals surface area contributed by atoms with Gasteiger partial charge in [0.2, 0.25) is 0 Å². The number of carbonyl (C=O) groups is 1. The number of halogens is 2. The number of aromatic nitrogens is 1. The van der Waals surface area contributed by atoms with Crippen molar-refractivity contribution in [3.8, 4) is 0 Å². The van der Waals surface area contributed by atoms with Crippen LogP contribution in [0.25, 0.3) is 5.57 Å². The van der Waals surface area contributed by atoms with Gasteiger partial charge in [0.05, 0.1) is 17.4 Å². The summed E-state index contributed by atoms with van der Waals surface area (Å²) in [5.41, 5.74) is 3.97. The largest absolute Gasteiger partial charge is 0.493 e. The molecular formula is C20H24Cl2N2O2. The molecule has 0 radical (unpaired) electrons. The van der Waals surface area contributed by atoms with E-state index in [1.165, 1.54) is 4.90 Å². The average molecular weight is 395 g/mol. The van der Waals surface area contributed by atoms with E-state index in [2.05, 4.69) is 4.98 Å². The topological polar surface area (TPSA) is 42.4 Å². The van der Waals surface area contributed by atoms with Crippen LogP contribution in [0.3, 0.4) is 0 Å². The molecule has 4 nitrogen and oxygen atoms in total. The maximum absolute atomic E-state index is 12.1. The fourth-order valence-electron chi connectivity index (χ4n) is 2.81. The first-order valence-electron chi connectivity index (χ1n) is 8.50. The van der Waals surface area contributed by atoms with E-state index in [1.54, 1.807) is 26.4 Å². The van der Waals surface area contributed by atoms with E-state index in [0.717, 1.165) is 22.3 Å². The minimum Gasteiger partial charge on any atom is -0.493 e. The molecule has 0 saturated heterocycles. The van der Waals surface area contributed by atoms with Gasteiger partial charge in [0, 0.05) is 37.0 Å². The number of carbonyl (C=O) groups excluding carboxylic acids is 1. The van der Waals surface area contributed by atoms with Crippen molar-refractivity contribution in [1.82, 2.24) is 9.88 Å². The van der Waals surface area contributed by atoms with Crippen LogP contribution < -0.4 is 0 Å². The summed E-state index contributed by atoms with van der Waals surface area (Å²) in [6.45, 7) is 6.31. The van der Waals surface area contributed by atoms with E-state index in [4.69, 9.17) is 27.9 Å². The van der Waals surface area contributed by atoms with Crippen LogP contribution in [0.15, 0.2) is 47.4 Å². The summed E-state index contributed by atoms with van der Waals surface area (Å²) in [6.07, 6.45) is 5.56. The first-order valence-corrected chi connectivity index (χ1v) is 9.37. The van der Waals surface area contributed by atoms with Gasteiger partial charge in [-0.1, -0.05) is 18.2 Å². The van der Waals surface area contributed by atoms with Crippen LogP contribution in [0.2, 0.25) is 0 Å². The fraction of sp³-hybridized carbons (Fsp3) is 0.400. The normalized spacial score (nSPS) is 18.7. The van der Waals surface area contributed by atoms with E-state index >= 15 is 0 Å². The number of nitrogens with zero attached hydrogens (tertiary/aromatic N) is 2. The highest BCUT2D eigenvalue weighted by atomic mass is 35.5. The lowest BCUT2D eigenvalue weighted by atomic mass is 9.96. The Balaban J connectivity index is 2.60. The minimum absolute atomic E-state index is 0.139. The summed E-state index contributed by atoms with van der Waals surface area (Å²) in [5, 5.41) is -0.531. The smallest absolute Gasteiger partial charge is 0.271 e. The summed E-state index contributed by atoms with van der Waals surface area (Å²) >= 11 is 12.8. The van der Waals surface area contributed by atoms with Crippen LogP contribution in [-0.4, -0.2) is 47.2 Å². The molecule has 140 valence electrons. The highest BCUT2D eigenvalue weighted by Crippen LogP contribution is 2.36. The summed E-state index contributed by atoms with van der Waals surface area (Å²) in [6, 6.07) is 3.60. The van der Waals surface area contributed by atoms with Crippen molar-refractivity contribution in [3.63, 3.8) is 0 Å². The molecule has 0 aliphatic heterocycles. The molecule has 0 fully saturated rings. The summed E-state index contributed by atoms with van der Waals surface area (Å²) in [5.74, 6) is 0.569. The van der Waals surface area contributed by atoms with Gasteiger partial charge in [0.15, 0.2) is 0 Å². The van der Waals surface area contributed by atoms with Gasteiger partial charge in [-0.15, -0.1) is 23.2 Å². The summed E-state index contributed by atoms with van der Waals surface area (Å²) in [7, 11) is 3.40. The molecule has 2 rings (SSSR count). The van der Waals surface area contributed by atoms with E-state index in [9.17, 15) is 4.79 Å². The second kappa shape index (κ2) is 8.74. The molecule has 1 amide bonds. The van der Waals surface area contributed by atoms with Gasteiger partial charge in [0.1, 0.15) is 11.5 Å². The van der Waals surface area contributed by atoms with Crippen molar-refractivity contribution in [2.24, 2.45) is 0 Å². The van der Waals surface area contributed by atoms with E-state index < -0.39 is 0 Å². The number of amides is 1. The Hall–Kier alpha value is -1.78. The van der Waals surface area contributed by atoms with Crippen LogP contribution in [0.5, 0.6) is 0 Å². The number of pyridine rings is 1. The van der Waals surface area contributed by atoms with Gasteiger partial charge in [-0.3, -0.25) is 9.78 Å². The van der Waals surface area contributed by atoms with Gasteiger partial charge in [-0.25, -0.2) is 0 Å². The van der Waals surface area contributed by atoms with Gasteiger partial charge >= 0.3 is 0 Å². The molecule has 0 N–H and O–H groups in total. The Morgan fingerprint density at radius 2 is 2.04 bits per heavy atom. The maximum atomic E-state index is 12.1. The molecule has 0 bridgehead atoms. The van der Waals surface area contributed by atoms with Crippen molar-refractivity contribution in [3.05, 3.63) is 58.6 Å². The molecule has 2 unspecified atom stereocenters. The van der Waals surface area contributed by atoms with Gasteiger partial charge in [-0.05, 0) is 32.4 Å². The molecule has 1 aromatic rings. The molecule has 0 aromatic carbocycles. The lowest BCUT2D eigenvalue weighted by Crippen LogP contribution is -2.22. The molecule has 0 spiro atoms. The second-order valence-corrected chi connectivity index (χ2v) is 7.46. The fourth-order valence-corrected chi connectivity index (χ4v) is 3.31. The molecule has 2 atom stereocenters. The second-order valence-electron chi connectivity index (χ2n) is 6.30. The Bertz CT molecular complexity index is 763. The van der Waals surface area contributed by atoms with Crippen molar-refractivity contribution in [2.75, 3.05) is 20.7 Å². The van der Waals surface area contributed by atoms with Crippen LogP contribution in [0.1, 0.15) is 36.8 Å². The lowest BCUT2D eigenvalue weighted by molar-refractivity contribution is 0.0822. The molecule has 26 heavy (non-hydrogen) atoms. The van der Waals surface area contributed by atoms with E-state index in [-0.39, 0.29) is 16.7 Å².